The number of guanidine groups is 1. The molecule has 0 heterocycles. The Morgan fingerprint density at radius 3 is 2.59 bits per heavy atom. The van der Waals surface area contributed by atoms with Gasteiger partial charge in [0.15, 0.2) is 5.96 Å². The first-order valence-electron chi connectivity index (χ1n) is 6.42. The zero-order valence-corrected chi connectivity index (χ0v) is 11.2. The van der Waals surface area contributed by atoms with Crippen LogP contribution in [0.15, 0.2) is 4.99 Å². The summed E-state index contributed by atoms with van der Waals surface area (Å²) in [5.74, 6) is 0.683. The van der Waals surface area contributed by atoms with Crippen LogP contribution in [0.1, 0.15) is 40.0 Å². The fraction of sp³-hybridized carbons (Fsp3) is 0.833. The maximum atomic E-state index is 11.1. The molecule has 0 bridgehead atoms. The molecule has 0 aromatic carbocycles. The average Bonchev–Trinajstić information content (AvgIpc) is 2.31. The number of hydrogen-bond donors (Lipinski definition) is 2. The summed E-state index contributed by atoms with van der Waals surface area (Å²) in [5.41, 5.74) is 0. The van der Waals surface area contributed by atoms with Gasteiger partial charge in [0.05, 0.1) is 6.61 Å². The summed E-state index contributed by atoms with van der Waals surface area (Å²) in [6.07, 6.45) is 2.24. The maximum absolute atomic E-state index is 11.1. The standard InChI is InChI=1S/C12H25N3O2/c1-4-9-14-12(13-5-2)15-10-7-8-11(16)17-6-3/h4-10H2,1-3H3,(H2,13,14,15). The highest BCUT2D eigenvalue weighted by Crippen LogP contribution is 1.91. The van der Waals surface area contributed by atoms with Gasteiger partial charge in [-0.15, -0.1) is 0 Å². The van der Waals surface area contributed by atoms with E-state index in [0.717, 1.165) is 38.4 Å². The summed E-state index contributed by atoms with van der Waals surface area (Å²) in [6, 6.07) is 0. The largest absolute Gasteiger partial charge is 0.466 e. The predicted octanol–water partition coefficient (Wildman–Crippen LogP) is 1.29. The molecule has 0 aliphatic carbocycles. The SMILES string of the molecule is CCCN=C(NCC)NCCCC(=O)OCC. The van der Waals surface area contributed by atoms with Crippen LogP contribution in [0, 0.1) is 0 Å². The van der Waals surface area contributed by atoms with Gasteiger partial charge in [-0.25, -0.2) is 0 Å². The van der Waals surface area contributed by atoms with E-state index >= 15 is 0 Å². The van der Waals surface area contributed by atoms with Gasteiger partial charge in [0, 0.05) is 26.1 Å². The lowest BCUT2D eigenvalue weighted by atomic mass is 10.3. The second-order valence-electron chi connectivity index (χ2n) is 3.60. The Kier molecular flexibility index (Phi) is 10.4. The molecule has 0 fully saturated rings. The van der Waals surface area contributed by atoms with Crippen molar-refractivity contribution < 1.29 is 9.53 Å². The number of nitrogens with one attached hydrogen (secondary N) is 2. The van der Waals surface area contributed by atoms with Crippen LogP contribution >= 0.6 is 0 Å². The van der Waals surface area contributed by atoms with Gasteiger partial charge in [0.1, 0.15) is 0 Å². The third kappa shape index (κ3) is 9.66. The molecule has 0 atom stereocenters. The number of esters is 1. The first-order valence-corrected chi connectivity index (χ1v) is 6.42. The molecule has 0 amide bonds. The fourth-order valence-electron chi connectivity index (χ4n) is 1.24. The van der Waals surface area contributed by atoms with Gasteiger partial charge in [-0.1, -0.05) is 6.92 Å². The number of ether oxygens (including phenoxy) is 1. The van der Waals surface area contributed by atoms with E-state index < -0.39 is 0 Å². The molecule has 0 unspecified atom stereocenters. The fourth-order valence-corrected chi connectivity index (χ4v) is 1.24. The molecular formula is C12H25N3O2. The molecule has 0 saturated carbocycles. The predicted molar refractivity (Wildman–Crippen MR) is 70.1 cm³/mol. The molecule has 0 rings (SSSR count). The zero-order chi connectivity index (χ0) is 12.9. The van der Waals surface area contributed by atoms with Crippen molar-refractivity contribution in [3.63, 3.8) is 0 Å². The Bertz CT molecular complexity index is 230. The van der Waals surface area contributed by atoms with Crippen molar-refractivity contribution in [2.45, 2.75) is 40.0 Å². The number of aliphatic imine (C=N–C) groups is 1. The van der Waals surface area contributed by atoms with E-state index in [1.165, 1.54) is 0 Å². The monoisotopic (exact) mass is 243 g/mol. The normalized spacial score (nSPS) is 11.1. The van der Waals surface area contributed by atoms with Crippen molar-refractivity contribution in [2.75, 3.05) is 26.2 Å². The highest BCUT2D eigenvalue weighted by Gasteiger charge is 2.01. The van der Waals surface area contributed by atoms with E-state index in [1.807, 2.05) is 13.8 Å². The Hall–Kier alpha value is -1.26. The summed E-state index contributed by atoms with van der Waals surface area (Å²) in [6.45, 7) is 8.77. The molecule has 0 aliphatic rings. The molecule has 5 nitrogen and oxygen atoms in total. The summed E-state index contributed by atoms with van der Waals surface area (Å²) in [5, 5.41) is 6.34. The first kappa shape index (κ1) is 15.7. The Balaban J connectivity index is 3.70. The third-order valence-corrected chi connectivity index (χ3v) is 1.99. The van der Waals surface area contributed by atoms with Crippen LogP contribution in [0.5, 0.6) is 0 Å². The van der Waals surface area contributed by atoms with Crippen LogP contribution in [-0.2, 0) is 9.53 Å². The van der Waals surface area contributed by atoms with Gasteiger partial charge in [-0.05, 0) is 26.7 Å². The lowest BCUT2D eigenvalue weighted by molar-refractivity contribution is -0.143. The van der Waals surface area contributed by atoms with Crippen molar-refractivity contribution in [3.05, 3.63) is 0 Å². The second-order valence-corrected chi connectivity index (χ2v) is 3.60. The van der Waals surface area contributed by atoms with Crippen molar-refractivity contribution in [3.8, 4) is 0 Å². The number of nitrogens with zero attached hydrogens (tertiary/aromatic N) is 1. The van der Waals surface area contributed by atoms with Gasteiger partial charge in [-0.3, -0.25) is 9.79 Å². The molecule has 100 valence electrons. The van der Waals surface area contributed by atoms with Crippen LogP contribution in [0.2, 0.25) is 0 Å². The van der Waals surface area contributed by atoms with Crippen LogP contribution in [0.3, 0.4) is 0 Å². The molecule has 0 radical (unpaired) electrons. The molecule has 0 aliphatic heterocycles. The maximum Gasteiger partial charge on any atom is 0.305 e. The van der Waals surface area contributed by atoms with Crippen LogP contribution in [0.25, 0.3) is 0 Å². The zero-order valence-electron chi connectivity index (χ0n) is 11.2. The Labute approximate surface area is 104 Å². The molecule has 17 heavy (non-hydrogen) atoms. The second kappa shape index (κ2) is 11.2. The first-order chi connectivity index (χ1) is 8.24. The van der Waals surface area contributed by atoms with E-state index in [1.54, 1.807) is 0 Å². The summed E-state index contributed by atoms with van der Waals surface area (Å²) in [4.78, 5) is 15.5. The van der Waals surface area contributed by atoms with Gasteiger partial charge >= 0.3 is 5.97 Å². The van der Waals surface area contributed by atoms with Crippen LogP contribution in [0.4, 0.5) is 0 Å². The minimum atomic E-state index is -0.134. The quantitative estimate of drug-likeness (QED) is 0.292. The Morgan fingerprint density at radius 1 is 1.24 bits per heavy atom. The summed E-state index contributed by atoms with van der Waals surface area (Å²) >= 11 is 0. The summed E-state index contributed by atoms with van der Waals surface area (Å²) < 4.78 is 4.85. The molecular weight excluding hydrogens is 218 g/mol. The molecule has 0 saturated heterocycles. The molecule has 2 N–H and O–H groups in total. The minimum Gasteiger partial charge on any atom is -0.466 e. The van der Waals surface area contributed by atoms with Crippen LogP contribution < -0.4 is 10.6 Å². The van der Waals surface area contributed by atoms with Crippen molar-refractivity contribution in [1.82, 2.24) is 10.6 Å². The Morgan fingerprint density at radius 2 is 2.00 bits per heavy atom. The number of carbonyl (C=O) groups is 1. The van der Waals surface area contributed by atoms with Gasteiger partial charge in [0.2, 0.25) is 0 Å². The average molecular weight is 243 g/mol. The lowest BCUT2D eigenvalue weighted by Gasteiger charge is -2.10. The lowest BCUT2D eigenvalue weighted by Crippen LogP contribution is -2.38. The van der Waals surface area contributed by atoms with Gasteiger partial charge in [0.25, 0.3) is 0 Å². The van der Waals surface area contributed by atoms with Crippen molar-refractivity contribution in [2.24, 2.45) is 4.99 Å². The van der Waals surface area contributed by atoms with E-state index in [-0.39, 0.29) is 5.97 Å². The molecule has 0 spiro atoms. The van der Waals surface area contributed by atoms with E-state index in [0.29, 0.717) is 13.0 Å². The summed E-state index contributed by atoms with van der Waals surface area (Å²) in [7, 11) is 0. The van der Waals surface area contributed by atoms with Crippen molar-refractivity contribution in [1.29, 1.82) is 0 Å². The van der Waals surface area contributed by atoms with Crippen LogP contribution in [-0.4, -0.2) is 38.2 Å². The molecule has 5 heteroatoms. The molecule has 0 aromatic heterocycles. The highest BCUT2D eigenvalue weighted by molar-refractivity contribution is 5.79. The van der Waals surface area contributed by atoms with Gasteiger partial charge in [-0.2, -0.15) is 0 Å². The smallest absolute Gasteiger partial charge is 0.305 e. The van der Waals surface area contributed by atoms with Gasteiger partial charge < -0.3 is 15.4 Å². The van der Waals surface area contributed by atoms with E-state index in [9.17, 15) is 4.79 Å². The highest BCUT2D eigenvalue weighted by atomic mass is 16.5. The van der Waals surface area contributed by atoms with E-state index in [2.05, 4.69) is 22.5 Å². The number of rotatable bonds is 8. The third-order valence-electron chi connectivity index (χ3n) is 1.99. The topological polar surface area (TPSA) is 62.7 Å². The minimum absolute atomic E-state index is 0.134. The number of carbonyl (C=O) groups excluding carboxylic acids is 1. The van der Waals surface area contributed by atoms with E-state index in [4.69, 9.17) is 4.74 Å². The van der Waals surface area contributed by atoms with Crippen molar-refractivity contribution >= 4 is 11.9 Å². The number of hydrogen-bond acceptors (Lipinski definition) is 3. The molecule has 0 aromatic rings.